The molecule has 0 aliphatic carbocycles. The number of nitrogens with zero attached hydrogens (tertiary/aromatic N) is 2. The molecule has 2 aromatic rings. The normalized spacial score (nSPS) is 20.5. The molecular weight excluding hydrogens is 391 g/mol. The van der Waals surface area contributed by atoms with Gasteiger partial charge in [0.25, 0.3) is 0 Å². The number of aliphatic hydroxyl groups is 1. The van der Waals surface area contributed by atoms with Crippen LogP contribution in [-0.4, -0.2) is 60.5 Å². The van der Waals surface area contributed by atoms with E-state index in [0.717, 1.165) is 51.1 Å². The van der Waals surface area contributed by atoms with Crippen molar-refractivity contribution in [2.45, 2.75) is 33.6 Å². The number of aliphatic hydroxyl groups excluding tert-OH is 1. The molecule has 2 aliphatic rings. The highest BCUT2D eigenvalue weighted by molar-refractivity contribution is 7.99. The first kappa shape index (κ1) is 20.2. The van der Waals surface area contributed by atoms with Crippen molar-refractivity contribution in [2.75, 3.05) is 45.6 Å². The third-order valence-electron chi connectivity index (χ3n) is 5.71. The zero-order valence-electron chi connectivity index (χ0n) is 16.2. The van der Waals surface area contributed by atoms with Crippen LogP contribution < -0.4 is 0 Å². The highest BCUT2D eigenvalue weighted by Crippen LogP contribution is 2.44. The van der Waals surface area contributed by atoms with Crippen molar-refractivity contribution in [1.82, 2.24) is 9.80 Å². The van der Waals surface area contributed by atoms with Crippen LogP contribution in [0.4, 0.5) is 4.39 Å². The SMILES string of the molecule is CSc1ccc2c(c1)C(N1CCN(CCCO)CC1)Cc1cc(F)ccc1S2. The van der Waals surface area contributed by atoms with E-state index in [1.165, 1.54) is 20.2 Å². The van der Waals surface area contributed by atoms with Gasteiger partial charge in [0.15, 0.2) is 0 Å². The monoisotopic (exact) mass is 418 g/mol. The molecule has 1 N–H and O–H groups in total. The van der Waals surface area contributed by atoms with Gasteiger partial charge in [0, 0.05) is 60.1 Å². The van der Waals surface area contributed by atoms with E-state index in [4.69, 9.17) is 5.11 Å². The lowest BCUT2D eigenvalue weighted by molar-refractivity contribution is 0.0898. The maximum absolute atomic E-state index is 14.0. The minimum Gasteiger partial charge on any atom is -0.396 e. The summed E-state index contributed by atoms with van der Waals surface area (Å²) in [5.74, 6) is -0.150. The third-order valence-corrected chi connectivity index (χ3v) is 7.65. The summed E-state index contributed by atoms with van der Waals surface area (Å²) < 4.78 is 14.0. The standard InChI is InChI=1S/C22H27FN2OS2/c1-27-18-4-6-22-19(15-18)20(14-16-13-17(23)3-5-21(16)28-22)25-10-8-24(9-11-25)7-2-12-26/h3-6,13,15,20,26H,2,7-12,14H2,1H3. The summed E-state index contributed by atoms with van der Waals surface area (Å²) >= 11 is 3.54. The molecule has 6 heteroatoms. The summed E-state index contributed by atoms with van der Waals surface area (Å²) in [6, 6.07) is 12.2. The van der Waals surface area contributed by atoms with Gasteiger partial charge in [0.1, 0.15) is 5.82 Å². The second kappa shape index (κ2) is 9.18. The first-order valence-corrected chi connectivity index (χ1v) is 11.9. The van der Waals surface area contributed by atoms with E-state index in [0.29, 0.717) is 0 Å². The lowest BCUT2D eigenvalue weighted by Crippen LogP contribution is -2.48. The Balaban J connectivity index is 1.63. The van der Waals surface area contributed by atoms with Gasteiger partial charge >= 0.3 is 0 Å². The first-order chi connectivity index (χ1) is 13.7. The molecule has 150 valence electrons. The van der Waals surface area contributed by atoms with Crippen LogP contribution in [0.5, 0.6) is 0 Å². The van der Waals surface area contributed by atoms with E-state index >= 15 is 0 Å². The smallest absolute Gasteiger partial charge is 0.123 e. The minimum atomic E-state index is -0.150. The Bertz CT molecular complexity index is 824. The number of piperazine rings is 1. The molecule has 0 bridgehead atoms. The van der Waals surface area contributed by atoms with Crippen LogP contribution in [0.1, 0.15) is 23.6 Å². The van der Waals surface area contributed by atoms with E-state index in [2.05, 4.69) is 34.3 Å². The molecule has 1 fully saturated rings. The zero-order chi connectivity index (χ0) is 19.5. The van der Waals surface area contributed by atoms with Gasteiger partial charge in [-0.15, -0.1) is 11.8 Å². The Morgan fingerprint density at radius 2 is 1.89 bits per heavy atom. The number of thioether (sulfide) groups is 1. The van der Waals surface area contributed by atoms with Gasteiger partial charge in [-0.1, -0.05) is 11.8 Å². The van der Waals surface area contributed by atoms with Crippen molar-refractivity contribution >= 4 is 23.5 Å². The topological polar surface area (TPSA) is 26.7 Å². The maximum atomic E-state index is 14.0. The second-order valence-electron chi connectivity index (χ2n) is 7.43. The van der Waals surface area contributed by atoms with Gasteiger partial charge in [-0.2, -0.15) is 0 Å². The Morgan fingerprint density at radius 3 is 2.64 bits per heavy atom. The fraction of sp³-hybridized carbons (Fsp3) is 0.455. The summed E-state index contributed by atoms with van der Waals surface area (Å²) in [6.45, 7) is 5.29. The average Bonchev–Trinajstić information content (AvgIpc) is 2.88. The fourth-order valence-corrected chi connectivity index (χ4v) is 5.71. The number of hydrogen-bond donors (Lipinski definition) is 1. The highest BCUT2D eigenvalue weighted by atomic mass is 32.2. The quantitative estimate of drug-likeness (QED) is 0.731. The number of halogens is 1. The molecule has 1 unspecified atom stereocenters. The molecule has 0 spiro atoms. The molecule has 0 amide bonds. The summed E-state index contributed by atoms with van der Waals surface area (Å²) in [5.41, 5.74) is 2.48. The van der Waals surface area contributed by atoms with Crippen LogP contribution >= 0.6 is 23.5 Å². The van der Waals surface area contributed by atoms with E-state index in [1.54, 1.807) is 35.7 Å². The molecule has 3 nitrogen and oxygen atoms in total. The third kappa shape index (κ3) is 4.41. The predicted octanol–water partition coefficient (Wildman–Crippen LogP) is 4.30. The Hall–Kier alpha value is -1.05. The van der Waals surface area contributed by atoms with Crippen LogP contribution in [0.2, 0.25) is 0 Å². The van der Waals surface area contributed by atoms with Crippen LogP contribution in [0.15, 0.2) is 51.1 Å². The second-order valence-corrected chi connectivity index (χ2v) is 9.40. The van der Waals surface area contributed by atoms with E-state index in [1.807, 2.05) is 6.07 Å². The molecule has 1 atom stereocenters. The Labute approximate surface area is 175 Å². The van der Waals surface area contributed by atoms with Gasteiger partial charge in [0.2, 0.25) is 0 Å². The van der Waals surface area contributed by atoms with E-state index in [9.17, 15) is 4.39 Å². The summed E-state index contributed by atoms with van der Waals surface area (Å²) in [7, 11) is 0. The van der Waals surface area contributed by atoms with Crippen LogP contribution in [0.25, 0.3) is 0 Å². The summed E-state index contributed by atoms with van der Waals surface area (Å²) in [6.07, 6.45) is 3.80. The van der Waals surface area contributed by atoms with Crippen molar-refractivity contribution in [1.29, 1.82) is 0 Å². The Kier molecular flexibility index (Phi) is 6.63. The predicted molar refractivity (Wildman–Crippen MR) is 115 cm³/mol. The molecule has 0 radical (unpaired) electrons. The zero-order valence-corrected chi connectivity index (χ0v) is 17.9. The fourth-order valence-electron chi connectivity index (χ4n) is 4.17. The molecule has 2 aliphatic heterocycles. The van der Waals surface area contributed by atoms with Crippen molar-refractivity contribution in [2.24, 2.45) is 0 Å². The van der Waals surface area contributed by atoms with Gasteiger partial charge in [-0.05, 0) is 66.6 Å². The summed E-state index contributed by atoms with van der Waals surface area (Å²) in [4.78, 5) is 8.74. The van der Waals surface area contributed by atoms with Crippen LogP contribution in [-0.2, 0) is 6.42 Å². The molecule has 2 heterocycles. The minimum absolute atomic E-state index is 0.150. The summed E-state index contributed by atoms with van der Waals surface area (Å²) in [5, 5.41) is 9.09. The lowest BCUT2D eigenvalue weighted by atomic mass is 9.96. The highest BCUT2D eigenvalue weighted by Gasteiger charge is 2.30. The molecule has 2 aromatic carbocycles. The van der Waals surface area contributed by atoms with Gasteiger partial charge in [0.05, 0.1) is 0 Å². The molecule has 0 saturated carbocycles. The molecule has 1 saturated heterocycles. The van der Waals surface area contributed by atoms with E-state index in [-0.39, 0.29) is 18.5 Å². The van der Waals surface area contributed by atoms with Gasteiger partial charge < -0.3 is 10.0 Å². The molecular formula is C22H27FN2OS2. The van der Waals surface area contributed by atoms with Gasteiger partial charge in [-0.3, -0.25) is 4.90 Å². The molecule has 4 rings (SSSR count). The van der Waals surface area contributed by atoms with Crippen molar-refractivity contribution in [3.05, 3.63) is 53.3 Å². The van der Waals surface area contributed by atoms with E-state index < -0.39 is 0 Å². The van der Waals surface area contributed by atoms with Crippen LogP contribution in [0.3, 0.4) is 0 Å². The largest absolute Gasteiger partial charge is 0.396 e. The van der Waals surface area contributed by atoms with Gasteiger partial charge in [-0.25, -0.2) is 4.39 Å². The maximum Gasteiger partial charge on any atom is 0.123 e. The number of fused-ring (bicyclic) bond motifs is 2. The Morgan fingerprint density at radius 1 is 1.11 bits per heavy atom. The number of hydrogen-bond acceptors (Lipinski definition) is 5. The molecule has 0 aromatic heterocycles. The van der Waals surface area contributed by atoms with Crippen molar-refractivity contribution in [3.63, 3.8) is 0 Å². The average molecular weight is 419 g/mol. The van der Waals surface area contributed by atoms with Crippen molar-refractivity contribution < 1.29 is 9.50 Å². The van der Waals surface area contributed by atoms with Crippen LogP contribution in [0, 0.1) is 5.82 Å². The lowest BCUT2D eigenvalue weighted by Gasteiger charge is -2.39. The van der Waals surface area contributed by atoms with Crippen molar-refractivity contribution in [3.8, 4) is 0 Å². The molecule has 28 heavy (non-hydrogen) atoms. The first-order valence-electron chi connectivity index (χ1n) is 9.89. The number of benzene rings is 2. The number of rotatable bonds is 5.